The van der Waals surface area contributed by atoms with E-state index in [1.807, 2.05) is 11.8 Å². The molecule has 86 valence electrons. The third-order valence-electron chi connectivity index (χ3n) is 2.86. The van der Waals surface area contributed by atoms with Gasteiger partial charge in [-0.3, -0.25) is 0 Å². The summed E-state index contributed by atoms with van der Waals surface area (Å²) < 4.78 is 10.6. The SMILES string of the molecule is COc1cc2c(cc1OC)CCC(SC)=C2. The van der Waals surface area contributed by atoms with Gasteiger partial charge in [0.05, 0.1) is 14.2 Å². The molecule has 0 aromatic heterocycles. The number of allylic oxidation sites excluding steroid dienone is 1. The maximum atomic E-state index is 5.31. The van der Waals surface area contributed by atoms with E-state index in [-0.39, 0.29) is 0 Å². The third kappa shape index (κ3) is 2.05. The van der Waals surface area contributed by atoms with Crippen LogP contribution in [0.5, 0.6) is 11.5 Å². The minimum atomic E-state index is 0.805. The molecule has 16 heavy (non-hydrogen) atoms. The zero-order chi connectivity index (χ0) is 11.5. The van der Waals surface area contributed by atoms with Gasteiger partial charge in [-0.2, -0.15) is 0 Å². The van der Waals surface area contributed by atoms with Crippen molar-refractivity contribution in [3.05, 3.63) is 28.2 Å². The van der Waals surface area contributed by atoms with Gasteiger partial charge in [0.2, 0.25) is 0 Å². The quantitative estimate of drug-likeness (QED) is 0.801. The van der Waals surface area contributed by atoms with E-state index in [0.717, 1.165) is 24.3 Å². The van der Waals surface area contributed by atoms with Crippen LogP contribution in [-0.2, 0) is 6.42 Å². The molecule has 1 aliphatic carbocycles. The Morgan fingerprint density at radius 3 is 2.38 bits per heavy atom. The maximum absolute atomic E-state index is 5.31. The number of aryl methyl sites for hydroxylation is 1. The second-order valence-corrected chi connectivity index (χ2v) is 4.65. The van der Waals surface area contributed by atoms with Gasteiger partial charge in [-0.05, 0) is 53.3 Å². The highest BCUT2D eigenvalue weighted by molar-refractivity contribution is 8.02. The number of hydrogen-bond acceptors (Lipinski definition) is 3. The van der Waals surface area contributed by atoms with Crippen molar-refractivity contribution in [1.82, 2.24) is 0 Å². The number of methoxy groups -OCH3 is 2. The average molecular weight is 236 g/mol. The summed E-state index contributed by atoms with van der Waals surface area (Å²) in [6.45, 7) is 0. The van der Waals surface area contributed by atoms with Crippen LogP contribution in [0.2, 0.25) is 0 Å². The minimum Gasteiger partial charge on any atom is -0.493 e. The molecule has 0 spiro atoms. The highest BCUT2D eigenvalue weighted by atomic mass is 32.2. The normalized spacial score (nSPS) is 14.1. The Morgan fingerprint density at radius 1 is 1.06 bits per heavy atom. The standard InChI is InChI=1S/C13H16O2S/c1-14-12-7-9-4-5-11(16-3)6-10(9)8-13(12)15-2/h6-8H,4-5H2,1-3H3. The Morgan fingerprint density at radius 2 is 1.75 bits per heavy atom. The van der Waals surface area contributed by atoms with E-state index in [1.165, 1.54) is 16.0 Å². The highest BCUT2D eigenvalue weighted by Gasteiger charge is 2.14. The molecule has 0 radical (unpaired) electrons. The molecule has 1 aromatic rings. The Hall–Kier alpha value is -1.09. The van der Waals surface area contributed by atoms with E-state index in [4.69, 9.17) is 9.47 Å². The lowest BCUT2D eigenvalue weighted by Gasteiger charge is -2.18. The summed E-state index contributed by atoms with van der Waals surface area (Å²) in [5.74, 6) is 1.63. The molecule has 0 fully saturated rings. The van der Waals surface area contributed by atoms with Gasteiger partial charge in [-0.15, -0.1) is 11.8 Å². The Kier molecular flexibility index (Phi) is 3.44. The van der Waals surface area contributed by atoms with E-state index in [0.29, 0.717) is 0 Å². The van der Waals surface area contributed by atoms with Crippen molar-refractivity contribution in [3.63, 3.8) is 0 Å². The average Bonchev–Trinajstić information content (AvgIpc) is 2.36. The zero-order valence-electron chi connectivity index (χ0n) is 9.87. The molecule has 0 unspecified atom stereocenters. The Bertz CT molecular complexity index is 424. The summed E-state index contributed by atoms with van der Waals surface area (Å²) in [7, 11) is 3.35. The monoisotopic (exact) mass is 236 g/mol. The van der Waals surface area contributed by atoms with E-state index >= 15 is 0 Å². The molecule has 0 aliphatic heterocycles. The molecule has 3 heteroatoms. The molecule has 0 bridgehead atoms. The van der Waals surface area contributed by atoms with E-state index in [9.17, 15) is 0 Å². The number of ether oxygens (including phenoxy) is 2. The first-order chi connectivity index (χ1) is 7.78. The second-order valence-electron chi connectivity index (χ2n) is 3.72. The fraction of sp³-hybridized carbons (Fsp3) is 0.385. The molecule has 0 amide bonds. The minimum absolute atomic E-state index is 0.805. The van der Waals surface area contributed by atoms with Gasteiger partial charge in [0.25, 0.3) is 0 Å². The van der Waals surface area contributed by atoms with Crippen LogP contribution in [-0.4, -0.2) is 20.5 Å². The predicted octanol–water partition coefficient (Wildman–Crippen LogP) is 3.35. The molecule has 0 N–H and O–H groups in total. The number of fused-ring (bicyclic) bond motifs is 1. The van der Waals surface area contributed by atoms with Crippen molar-refractivity contribution in [2.24, 2.45) is 0 Å². The van der Waals surface area contributed by atoms with E-state index in [2.05, 4.69) is 24.5 Å². The molecular weight excluding hydrogens is 220 g/mol. The van der Waals surface area contributed by atoms with Gasteiger partial charge >= 0.3 is 0 Å². The van der Waals surface area contributed by atoms with E-state index < -0.39 is 0 Å². The van der Waals surface area contributed by atoms with Crippen molar-refractivity contribution in [3.8, 4) is 11.5 Å². The van der Waals surface area contributed by atoms with E-state index in [1.54, 1.807) is 14.2 Å². The van der Waals surface area contributed by atoms with Gasteiger partial charge in [0, 0.05) is 0 Å². The fourth-order valence-electron chi connectivity index (χ4n) is 1.95. The first-order valence-electron chi connectivity index (χ1n) is 5.28. The second kappa shape index (κ2) is 4.83. The summed E-state index contributed by atoms with van der Waals surface area (Å²) >= 11 is 1.82. The van der Waals surface area contributed by atoms with Crippen LogP contribution < -0.4 is 9.47 Å². The van der Waals surface area contributed by atoms with Crippen LogP contribution >= 0.6 is 11.8 Å². The van der Waals surface area contributed by atoms with Crippen molar-refractivity contribution >= 4 is 17.8 Å². The predicted molar refractivity (Wildman–Crippen MR) is 69.4 cm³/mol. The summed E-state index contributed by atoms with van der Waals surface area (Å²) in [6.07, 6.45) is 6.58. The molecule has 2 nitrogen and oxygen atoms in total. The zero-order valence-corrected chi connectivity index (χ0v) is 10.7. The number of thioether (sulfide) groups is 1. The van der Waals surface area contributed by atoms with Crippen LogP contribution in [0.15, 0.2) is 17.0 Å². The number of benzene rings is 1. The summed E-state index contributed by atoms with van der Waals surface area (Å²) in [5.41, 5.74) is 2.60. The molecule has 0 heterocycles. The third-order valence-corrected chi connectivity index (χ3v) is 3.71. The van der Waals surface area contributed by atoms with Crippen LogP contribution in [0.25, 0.3) is 6.08 Å². The molecule has 0 saturated heterocycles. The summed E-state index contributed by atoms with van der Waals surface area (Å²) in [6, 6.07) is 4.14. The summed E-state index contributed by atoms with van der Waals surface area (Å²) in [5, 5.41) is 0. The lowest BCUT2D eigenvalue weighted by molar-refractivity contribution is 0.354. The number of rotatable bonds is 3. The topological polar surface area (TPSA) is 18.5 Å². The van der Waals surface area contributed by atoms with Crippen molar-refractivity contribution in [1.29, 1.82) is 0 Å². The van der Waals surface area contributed by atoms with Gasteiger partial charge < -0.3 is 9.47 Å². The molecule has 0 atom stereocenters. The first-order valence-corrected chi connectivity index (χ1v) is 6.50. The van der Waals surface area contributed by atoms with Crippen LogP contribution in [0.3, 0.4) is 0 Å². The van der Waals surface area contributed by atoms with Crippen LogP contribution in [0, 0.1) is 0 Å². The van der Waals surface area contributed by atoms with Crippen LogP contribution in [0.4, 0.5) is 0 Å². The smallest absolute Gasteiger partial charge is 0.161 e. The van der Waals surface area contributed by atoms with Crippen molar-refractivity contribution in [2.75, 3.05) is 20.5 Å². The van der Waals surface area contributed by atoms with Gasteiger partial charge in [-0.1, -0.05) is 0 Å². The van der Waals surface area contributed by atoms with Gasteiger partial charge in [0.1, 0.15) is 0 Å². The summed E-state index contributed by atoms with van der Waals surface area (Å²) in [4.78, 5) is 1.43. The Labute approximate surface area is 101 Å². The Balaban J connectivity index is 2.46. The fourth-order valence-corrected chi connectivity index (χ4v) is 2.50. The largest absolute Gasteiger partial charge is 0.493 e. The molecule has 2 rings (SSSR count). The number of hydrogen-bond donors (Lipinski definition) is 0. The molecular formula is C13H16O2S. The van der Waals surface area contributed by atoms with Crippen LogP contribution in [0.1, 0.15) is 17.5 Å². The highest BCUT2D eigenvalue weighted by Crippen LogP contribution is 2.36. The van der Waals surface area contributed by atoms with Crippen molar-refractivity contribution < 1.29 is 9.47 Å². The molecule has 1 aliphatic rings. The lowest BCUT2D eigenvalue weighted by atomic mass is 9.96. The molecule has 1 aromatic carbocycles. The van der Waals surface area contributed by atoms with Crippen molar-refractivity contribution in [2.45, 2.75) is 12.8 Å². The molecule has 0 saturated carbocycles. The van der Waals surface area contributed by atoms with Gasteiger partial charge in [0.15, 0.2) is 11.5 Å². The lowest BCUT2D eigenvalue weighted by Crippen LogP contribution is -2.00. The first kappa shape index (κ1) is 11.4. The maximum Gasteiger partial charge on any atom is 0.161 e. The van der Waals surface area contributed by atoms with Gasteiger partial charge in [-0.25, -0.2) is 0 Å².